The van der Waals surface area contributed by atoms with Crippen molar-refractivity contribution in [1.82, 2.24) is 0 Å². The molecule has 0 aliphatic rings. The summed E-state index contributed by atoms with van der Waals surface area (Å²) in [6.07, 6.45) is 0. The van der Waals surface area contributed by atoms with Crippen molar-refractivity contribution in [2.45, 2.75) is 6.54 Å². The second-order valence-electron chi connectivity index (χ2n) is 3.85. The zero-order valence-electron chi connectivity index (χ0n) is 9.55. The fourth-order valence-electron chi connectivity index (χ4n) is 1.60. The maximum atomic E-state index is 13.4. The number of aromatic hydroxyl groups is 1. The second kappa shape index (κ2) is 5.40. The number of benzene rings is 2. The van der Waals surface area contributed by atoms with E-state index in [1.807, 2.05) is 0 Å². The van der Waals surface area contributed by atoms with E-state index >= 15 is 0 Å². The molecular formula is C13H9ClF3NO. The van der Waals surface area contributed by atoms with Crippen LogP contribution in [0.2, 0.25) is 5.02 Å². The molecule has 0 atom stereocenters. The molecule has 0 radical (unpaired) electrons. The highest BCUT2D eigenvalue weighted by atomic mass is 35.5. The number of anilines is 1. The van der Waals surface area contributed by atoms with E-state index in [-0.39, 0.29) is 17.3 Å². The lowest BCUT2D eigenvalue weighted by Crippen LogP contribution is -2.04. The van der Waals surface area contributed by atoms with Gasteiger partial charge in [0.2, 0.25) is 0 Å². The van der Waals surface area contributed by atoms with Crippen LogP contribution in [0.3, 0.4) is 0 Å². The summed E-state index contributed by atoms with van der Waals surface area (Å²) in [4.78, 5) is 0. The Labute approximate surface area is 112 Å². The summed E-state index contributed by atoms with van der Waals surface area (Å²) in [5.41, 5.74) is -0.0867. The minimum atomic E-state index is -1.04. The molecule has 0 aromatic heterocycles. The van der Waals surface area contributed by atoms with Gasteiger partial charge in [0.25, 0.3) is 0 Å². The highest BCUT2D eigenvalue weighted by molar-refractivity contribution is 6.32. The van der Waals surface area contributed by atoms with Crippen molar-refractivity contribution in [3.63, 3.8) is 0 Å². The van der Waals surface area contributed by atoms with Crippen LogP contribution in [0.4, 0.5) is 18.9 Å². The lowest BCUT2D eigenvalue weighted by molar-refractivity contribution is 0.469. The topological polar surface area (TPSA) is 32.3 Å². The number of hydrogen-bond donors (Lipinski definition) is 2. The molecule has 0 amide bonds. The van der Waals surface area contributed by atoms with E-state index in [2.05, 4.69) is 5.32 Å². The van der Waals surface area contributed by atoms with E-state index in [4.69, 9.17) is 11.6 Å². The maximum Gasteiger partial charge on any atom is 0.152 e. The molecule has 6 heteroatoms. The van der Waals surface area contributed by atoms with Gasteiger partial charge >= 0.3 is 0 Å². The summed E-state index contributed by atoms with van der Waals surface area (Å²) in [6, 6.07) is 5.77. The molecule has 0 spiro atoms. The van der Waals surface area contributed by atoms with E-state index in [0.29, 0.717) is 17.7 Å². The first-order valence-corrected chi connectivity index (χ1v) is 5.71. The maximum absolute atomic E-state index is 13.4. The highest BCUT2D eigenvalue weighted by Crippen LogP contribution is 2.28. The molecule has 0 saturated carbocycles. The summed E-state index contributed by atoms with van der Waals surface area (Å²) in [5, 5.41) is 12.2. The monoisotopic (exact) mass is 287 g/mol. The van der Waals surface area contributed by atoms with Crippen LogP contribution in [0.25, 0.3) is 0 Å². The summed E-state index contributed by atoms with van der Waals surface area (Å²) in [6.45, 7) is -0.0497. The minimum Gasteiger partial charge on any atom is -0.506 e. The van der Waals surface area contributed by atoms with Crippen LogP contribution < -0.4 is 5.32 Å². The largest absolute Gasteiger partial charge is 0.506 e. The van der Waals surface area contributed by atoms with Crippen LogP contribution >= 0.6 is 11.6 Å². The third kappa shape index (κ3) is 2.93. The summed E-state index contributed by atoms with van der Waals surface area (Å²) in [7, 11) is 0. The number of phenols is 1. The van der Waals surface area contributed by atoms with Gasteiger partial charge in [-0.15, -0.1) is 0 Å². The number of nitrogens with one attached hydrogen (secondary N) is 1. The van der Waals surface area contributed by atoms with Gasteiger partial charge in [-0.25, -0.2) is 13.2 Å². The first kappa shape index (κ1) is 13.5. The summed E-state index contributed by atoms with van der Waals surface area (Å²) in [5.74, 6) is -3.25. The fourth-order valence-corrected chi connectivity index (χ4v) is 1.79. The van der Waals surface area contributed by atoms with Gasteiger partial charge in [0.1, 0.15) is 17.3 Å². The predicted octanol–water partition coefficient (Wildman–Crippen LogP) is 4.08. The zero-order chi connectivity index (χ0) is 14.0. The van der Waals surface area contributed by atoms with E-state index in [1.54, 1.807) is 12.1 Å². The van der Waals surface area contributed by atoms with Crippen LogP contribution in [0, 0.1) is 17.5 Å². The van der Waals surface area contributed by atoms with Crippen molar-refractivity contribution in [2.75, 3.05) is 5.32 Å². The van der Waals surface area contributed by atoms with Crippen molar-refractivity contribution in [1.29, 1.82) is 0 Å². The van der Waals surface area contributed by atoms with Crippen molar-refractivity contribution >= 4 is 17.3 Å². The second-order valence-corrected chi connectivity index (χ2v) is 4.25. The Morgan fingerprint density at radius 3 is 2.37 bits per heavy atom. The Morgan fingerprint density at radius 2 is 1.74 bits per heavy atom. The van der Waals surface area contributed by atoms with Crippen LogP contribution in [-0.2, 0) is 6.54 Å². The lowest BCUT2D eigenvalue weighted by atomic mass is 10.2. The van der Waals surface area contributed by atoms with Crippen LogP contribution in [-0.4, -0.2) is 5.11 Å². The SMILES string of the molecule is Oc1c(Cl)cccc1CNc1c(F)cc(F)cc1F. The summed E-state index contributed by atoms with van der Waals surface area (Å²) >= 11 is 5.70. The van der Waals surface area contributed by atoms with Crippen LogP contribution in [0.5, 0.6) is 5.75 Å². The van der Waals surface area contributed by atoms with Gasteiger partial charge in [0.05, 0.1) is 5.02 Å². The number of hydrogen-bond acceptors (Lipinski definition) is 2. The van der Waals surface area contributed by atoms with Crippen LogP contribution in [0.15, 0.2) is 30.3 Å². The first-order chi connectivity index (χ1) is 8.99. The molecule has 0 aliphatic heterocycles. The third-order valence-corrected chi connectivity index (χ3v) is 2.84. The van der Waals surface area contributed by atoms with Crippen LogP contribution in [0.1, 0.15) is 5.56 Å². The van der Waals surface area contributed by atoms with Gasteiger partial charge in [-0.3, -0.25) is 0 Å². The summed E-state index contributed by atoms with van der Waals surface area (Å²) < 4.78 is 39.4. The standard InChI is InChI=1S/C13H9ClF3NO/c14-9-3-1-2-7(13(9)19)6-18-12-10(16)4-8(15)5-11(12)17/h1-5,18-19H,6H2. The van der Waals surface area contributed by atoms with Gasteiger partial charge in [-0.05, 0) is 6.07 Å². The van der Waals surface area contributed by atoms with Gasteiger partial charge in [0, 0.05) is 24.2 Å². The molecule has 0 bridgehead atoms. The van der Waals surface area contributed by atoms with Crippen molar-refractivity contribution < 1.29 is 18.3 Å². The molecule has 19 heavy (non-hydrogen) atoms. The lowest BCUT2D eigenvalue weighted by Gasteiger charge is -2.10. The molecule has 2 aromatic carbocycles. The number of para-hydroxylation sites is 1. The average molecular weight is 288 g/mol. The third-order valence-electron chi connectivity index (χ3n) is 2.53. The van der Waals surface area contributed by atoms with Gasteiger partial charge < -0.3 is 10.4 Å². The Bertz CT molecular complexity index is 596. The molecular weight excluding hydrogens is 279 g/mol. The Balaban J connectivity index is 2.22. The van der Waals surface area contributed by atoms with Gasteiger partial charge in [0.15, 0.2) is 11.6 Å². The molecule has 0 saturated heterocycles. The minimum absolute atomic E-state index is 0.0497. The van der Waals surface area contributed by atoms with E-state index in [9.17, 15) is 18.3 Å². The molecule has 0 heterocycles. The molecule has 0 unspecified atom stereocenters. The van der Waals surface area contributed by atoms with E-state index in [1.165, 1.54) is 6.07 Å². The fraction of sp³-hybridized carbons (Fsp3) is 0.0769. The first-order valence-electron chi connectivity index (χ1n) is 5.34. The van der Waals surface area contributed by atoms with Crippen molar-refractivity contribution in [3.05, 3.63) is 58.4 Å². The van der Waals surface area contributed by atoms with E-state index < -0.39 is 23.1 Å². The highest BCUT2D eigenvalue weighted by Gasteiger charge is 2.12. The van der Waals surface area contributed by atoms with Crippen molar-refractivity contribution in [3.8, 4) is 5.75 Å². The zero-order valence-corrected chi connectivity index (χ0v) is 10.3. The quantitative estimate of drug-likeness (QED) is 0.892. The normalized spacial score (nSPS) is 10.5. The molecule has 2 N–H and O–H groups in total. The van der Waals surface area contributed by atoms with E-state index in [0.717, 1.165) is 0 Å². The van der Waals surface area contributed by atoms with Gasteiger partial charge in [-0.1, -0.05) is 23.7 Å². The molecule has 0 aliphatic carbocycles. The average Bonchev–Trinajstić information content (AvgIpc) is 2.33. The molecule has 2 aromatic rings. The Morgan fingerprint density at radius 1 is 1.11 bits per heavy atom. The number of phenolic OH excluding ortho intramolecular Hbond substituents is 1. The predicted molar refractivity (Wildman–Crippen MR) is 66.8 cm³/mol. The Kier molecular flexibility index (Phi) is 3.85. The molecule has 2 rings (SSSR count). The smallest absolute Gasteiger partial charge is 0.152 e. The Hall–Kier alpha value is -1.88. The number of halogens is 4. The van der Waals surface area contributed by atoms with Crippen molar-refractivity contribution in [2.24, 2.45) is 0 Å². The number of rotatable bonds is 3. The molecule has 0 fully saturated rings. The molecule has 100 valence electrons. The molecule has 2 nitrogen and oxygen atoms in total. The van der Waals surface area contributed by atoms with Gasteiger partial charge in [-0.2, -0.15) is 0 Å².